The van der Waals surface area contributed by atoms with Crippen molar-refractivity contribution in [3.05, 3.63) is 0 Å². The quantitative estimate of drug-likeness (QED) is 0.818. The standard InChI is InChI=1S/C13H22O3S/c14-13(7-10-3-5-16-6-4-10)8-11-1-2-12(9-13)17(11)15/h10-12,14H,1-9H2. The van der Waals surface area contributed by atoms with E-state index in [1.165, 1.54) is 0 Å². The molecule has 3 saturated heterocycles. The Hall–Kier alpha value is 0.0700. The Morgan fingerprint density at radius 3 is 2.29 bits per heavy atom. The van der Waals surface area contributed by atoms with Gasteiger partial charge in [0, 0.05) is 34.5 Å². The Morgan fingerprint density at radius 2 is 1.71 bits per heavy atom. The second-order valence-electron chi connectivity index (χ2n) is 6.04. The molecule has 4 heteroatoms. The lowest BCUT2D eigenvalue weighted by Crippen LogP contribution is -2.44. The molecule has 3 aliphatic heterocycles. The number of fused-ring (bicyclic) bond motifs is 2. The van der Waals surface area contributed by atoms with E-state index in [1.807, 2.05) is 0 Å². The third-order valence-electron chi connectivity index (χ3n) is 4.69. The van der Waals surface area contributed by atoms with Gasteiger partial charge in [-0.25, -0.2) is 0 Å². The third kappa shape index (κ3) is 2.45. The van der Waals surface area contributed by atoms with Gasteiger partial charge in [-0.1, -0.05) is 0 Å². The summed E-state index contributed by atoms with van der Waals surface area (Å²) in [5.74, 6) is 0.611. The monoisotopic (exact) mass is 258 g/mol. The van der Waals surface area contributed by atoms with Gasteiger partial charge in [-0.3, -0.25) is 4.21 Å². The molecule has 98 valence electrons. The summed E-state index contributed by atoms with van der Waals surface area (Å²) in [5.41, 5.74) is -0.526. The molecule has 0 aromatic heterocycles. The molecule has 0 spiro atoms. The fourth-order valence-corrected chi connectivity index (χ4v) is 6.06. The highest BCUT2D eigenvalue weighted by molar-refractivity contribution is 7.86. The molecule has 0 aromatic carbocycles. The van der Waals surface area contributed by atoms with Crippen LogP contribution in [0, 0.1) is 5.92 Å². The summed E-state index contributed by atoms with van der Waals surface area (Å²) >= 11 is 0. The fourth-order valence-electron chi connectivity index (χ4n) is 3.83. The molecule has 17 heavy (non-hydrogen) atoms. The van der Waals surface area contributed by atoms with E-state index in [4.69, 9.17) is 4.74 Å². The highest BCUT2D eigenvalue weighted by Gasteiger charge is 2.48. The number of ether oxygens (including phenoxy) is 1. The van der Waals surface area contributed by atoms with Crippen LogP contribution in [0.3, 0.4) is 0 Å². The van der Waals surface area contributed by atoms with E-state index in [1.54, 1.807) is 0 Å². The van der Waals surface area contributed by atoms with Gasteiger partial charge in [-0.2, -0.15) is 0 Å². The van der Waals surface area contributed by atoms with Crippen LogP contribution in [0.15, 0.2) is 0 Å². The first-order chi connectivity index (χ1) is 8.16. The van der Waals surface area contributed by atoms with Crippen LogP contribution < -0.4 is 0 Å². The highest BCUT2D eigenvalue weighted by atomic mass is 32.2. The van der Waals surface area contributed by atoms with E-state index in [2.05, 4.69) is 0 Å². The lowest BCUT2D eigenvalue weighted by molar-refractivity contribution is -0.0231. The molecule has 0 radical (unpaired) electrons. The number of aliphatic hydroxyl groups is 1. The minimum atomic E-state index is -0.656. The summed E-state index contributed by atoms with van der Waals surface area (Å²) in [6.45, 7) is 1.69. The summed E-state index contributed by atoms with van der Waals surface area (Å²) in [5, 5.41) is 11.3. The minimum absolute atomic E-state index is 0.276. The number of rotatable bonds is 2. The molecular weight excluding hydrogens is 236 g/mol. The van der Waals surface area contributed by atoms with Gasteiger partial charge < -0.3 is 9.84 Å². The average molecular weight is 258 g/mol. The molecule has 3 rings (SSSR count). The Balaban J connectivity index is 1.64. The zero-order chi connectivity index (χ0) is 11.9. The van der Waals surface area contributed by atoms with Gasteiger partial charge in [0.25, 0.3) is 0 Å². The lowest BCUT2D eigenvalue weighted by Gasteiger charge is -2.39. The molecule has 2 bridgehead atoms. The second-order valence-corrected chi connectivity index (χ2v) is 8.03. The largest absolute Gasteiger partial charge is 0.390 e. The van der Waals surface area contributed by atoms with E-state index < -0.39 is 16.4 Å². The van der Waals surface area contributed by atoms with Crippen LogP contribution in [0.5, 0.6) is 0 Å². The average Bonchev–Trinajstić information content (AvgIpc) is 2.54. The zero-order valence-corrected chi connectivity index (χ0v) is 11.1. The minimum Gasteiger partial charge on any atom is -0.390 e. The Kier molecular flexibility index (Phi) is 3.30. The van der Waals surface area contributed by atoms with E-state index in [0.717, 1.165) is 58.2 Å². The van der Waals surface area contributed by atoms with E-state index >= 15 is 0 Å². The molecule has 0 saturated carbocycles. The first-order valence-electron chi connectivity index (χ1n) is 6.86. The van der Waals surface area contributed by atoms with Crippen LogP contribution >= 0.6 is 0 Å². The van der Waals surface area contributed by atoms with E-state index in [0.29, 0.717) is 5.92 Å². The molecule has 0 amide bonds. The Morgan fingerprint density at radius 1 is 1.12 bits per heavy atom. The van der Waals surface area contributed by atoms with Crippen LogP contribution in [0.4, 0.5) is 0 Å². The first kappa shape index (κ1) is 12.1. The molecule has 2 unspecified atom stereocenters. The molecule has 3 aliphatic rings. The highest BCUT2D eigenvalue weighted by Crippen LogP contribution is 2.44. The molecule has 1 N–H and O–H groups in total. The van der Waals surface area contributed by atoms with Crippen molar-refractivity contribution in [2.75, 3.05) is 13.2 Å². The summed E-state index contributed by atoms with van der Waals surface area (Å²) in [6, 6.07) is 0. The maximum atomic E-state index is 11.9. The Bertz CT molecular complexity index is 296. The van der Waals surface area contributed by atoms with E-state index in [9.17, 15) is 9.32 Å². The summed E-state index contributed by atoms with van der Waals surface area (Å²) in [4.78, 5) is 0. The lowest BCUT2D eigenvalue weighted by atomic mass is 9.81. The van der Waals surface area contributed by atoms with Gasteiger partial charge in [-0.15, -0.1) is 0 Å². The van der Waals surface area contributed by atoms with Crippen LogP contribution in [-0.2, 0) is 15.5 Å². The van der Waals surface area contributed by atoms with Crippen LogP contribution in [0.1, 0.15) is 44.9 Å². The SMILES string of the molecule is O=S1C2CCC1CC(O)(CC1CCOCC1)C2. The van der Waals surface area contributed by atoms with Crippen molar-refractivity contribution in [3.8, 4) is 0 Å². The van der Waals surface area contributed by atoms with Crippen molar-refractivity contribution in [1.82, 2.24) is 0 Å². The summed E-state index contributed by atoms with van der Waals surface area (Å²) < 4.78 is 17.3. The molecule has 0 aromatic rings. The van der Waals surface area contributed by atoms with Gasteiger partial charge >= 0.3 is 0 Å². The van der Waals surface area contributed by atoms with Gasteiger partial charge in [0.1, 0.15) is 0 Å². The molecule has 0 aliphatic carbocycles. The summed E-state index contributed by atoms with van der Waals surface area (Å²) in [7, 11) is -0.656. The van der Waals surface area contributed by atoms with Crippen molar-refractivity contribution in [2.24, 2.45) is 5.92 Å². The van der Waals surface area contributed by atoms with Crippen LogP contribution in [-0.4, -0.2) is 38.6 Å². The zero-order valence-electron chi connectivity index (χ0n) is 10.3. The Labute approximate surface area is 105 Å². The molecule has 2 atom stereocenters. The van der Waals surface area contributed by atoms with Crippen molar-refractivity contribution in [3.63, 3.8) is 0 Å². The van der Waals surface area contributed by atoms with Crippen molar-refractivity contribution >= 4 is 10.8 Å². The fraction of sp³-hybridized carbons (Fsp3) is 1.00. The van der Waals surface area contributed by atoms with Crippen molar-refractivity contribution < 1.29 is 14.1 Å². The van der Waals surface area contributed by atoms with Crippen molar-refractivity contribution in [2.45, 2.75) is 61.0 Å². The maximum Gasteiger partial charge on any atom is 0.0673 e. The normalized spacial score (nSPS) is 47.2. The van der Waals surface area contributed by atoms with Crippen molar-refractivity contribution in [1.29, 1.82) is 0 Å². The molecular formula is C13H22O3S. The van der Waals surface area contributed by atoms with Gasteiger partial charge in [0.05, 0.1) is 5.60 Å². The summed E-state index contributed by atoms with van der Waals surface area (Å²) in [6.07, 6.45) is 6.74. The first-order valence-corrected chi connectivity index (χ1v) is 8.13. The topological polar surface area (TPSA) is 46.5 Å². The molecule has 3 nitrogen and oxygen atoms in total. The predicted octanol–water partition coefficient (Wildman–Crippen LogP) is 1.61. The third-order valence-corrected chi connectivity index (χ3v) is 6.81. The van der Waals surface area contributed by atoms with Gasteiger partial charge in [0.2, 0.25) is 0 Å². The smallest absolute Gasteiger partial charge is 0.0673 e. The van der Waals surface area contributed by atoms with Crippen LogP contribution in [0.25, 0.3) is 0 Å². The second kappa shape index (κ2) is 4.63. The van der Waals surface area contributed by atoms with Gasteiger partial charge in [-0.05, 0) is 50.9 Å². The number of hydrogen-bond acceptors (Lipinski definition) is 3. The predicted molar refractivity (Wildman–Crippen MR) is 67.3 cm³/mol. The van der Waals surface area contributed by atoms with Crippen LogP contribution in [0.2, 0.25) is 0 Å². The molecule has 3 heterocycles. The maximum absolute atomic E-state index is 11.9. The van der Waals surface area contributed by atoms with E-state index in [-0.39, 0.29) is 10.5 Å². The molecule has 3 fully saturated rings. The van der Waals surface area contributed by atoms with Gasteiger partial charge in [0.15, 0.2) is 0 Å². The number of hydrogen-bond donors (Lipinski definition) is 1.